The van der Waals surface area contributed by atoms with Crippen molar-refractivity contribution in [2.45, 2.75) is 6.92 Å². The molecule has 0 saturated heterocycles. The highest BCUT2D eigenvalue weighted by Gasteiger charge is 2.24. The molecule has 6 nitrogen and oxygen atoms in total. The molecule has 1 aromatic heterocycles. The Bertz CT molecular complexity index is 873. The van der Waals surface area contributed by atoms with Gasteiger partial charge in [-0.25, -0.2) is 4.79 Å². The predicted octanol–water partition coefficient (Wildman–Crippen LogP) is 3.51. The summed E-state index contributed by atoms with van der Waals surface area (Å²) in [6.07, 6.45) is 0. The van der Waals surface area contributed by atoms with Crippen molar-refractivity contribution in [3.63, 3.8) is 0 Å². The SMILES string of the molecule is CCOC(=O)c1c(-c2ccccc2)n[nH]c1NC(=O)c1ccccc1. The third kappa shape index (κ3) is 3.58. The summed E-state index contributed by atoms with van der Waals surface area (Å²) in [6.45, 7) is 1.95. The zero-order valence-corrected chi connectivity index (χ0v) is 13.7. The van der Waals surface area contributed by atoms with Crippen LogP contribution >= 0.6 is 0 Å². The minimum atomic E-state index is -0.543. The normalized spacial score (nSPS) is 10.3. The molecular weight excluding hydrogens is 318 g/mol. The topological polar surface area (TPSA) is 84.1 Å². The lowest BCUT2D eigenvalue weighted by molar-refractivity contribution is 0.0528. The Balaban J connectivity index is 1.98. The summed E-state index contributed by atoms with van der Waals surface area (Å²) in [5.74, 6) is -0.668. The molecule has 3 rings (SSSR count). The van der Waals surface area contributed by atoms with E-state index >= 15 is 0 Å². The second kappa shape index (κ2) is 7.44. The molecular formula is C19H17N3O3. The summed E-state index contributed by atoms with van der Waals surface area (Å²) in [7, 11) is 0. The van der Waals surface area contributed by atoms with Crippen molar-refractivity contribution in [3.8, 4) is 11.3 Å². The zero-order chi connectivity index (χ0) is 17.6. The highest BCUT2D eigenvalue weighted by Crippen LogP contribution is 2.27. The average Bonchev–Trinajstić information content (AvgIpc) is 3.07. The molecule has 0 fully saturated rings. The highest BCUT2D eigenvalue weighted by atomic mass is 16.5. The predicted molar refractivity (Wildman–Crippen MR) is 94.4 cm³/mol. The maximum Gasteiger partial charge on any atom is 0.344 e. The third-order valence-electron chi connectivity index (χ3n) is 3.57. The molecule has 0 bridgehead atoms. The number of anilines is 1. The molecule has 0 aliphatic rings. The van der Waals surface area contributed by atoms with Gasteiger partial charge in [0, 0.05) is 11.1 Å². The van der Waals surface area contributed by atoms with Crippen LogP contribution in [0.5, 0.6) is 0 Å². The molecule has 0 saturated carbocycles. The lowest BCUT2D eigenvalue weighted by Gasteiger charge is -2.07. The van der Waals surface area contributed by atoms with Crippen LogP contribution in [0.3, 0.4) is 0 Å². The van der Waals surface area contributed by atoms with Gasteiger partial charge in [-0.1, -0.05) is 48.5 Å². The fraction of sp³-hybridized carbons (Fsp3) is 0.105. The number of H-pyrrole nitrogens is 1. The molecule has 126 valence electrons. The minimum absolute atomic E-state index is 0.206. The Morgan fingerprint density at radius 1 is 1.04 bits per heavy atom. The quantitative estimate of drug-likeness (QED) is 0.699. The van der Waals surface area contributed by atoms with Gasteiger partial charge in [-0.05, 0) is 19.1 Å². The molecule has 3 aromatic rings. The van der Waals surface area contributed by atoms with Gasteiger partial charge in [0.15, 0.2) is 0 Å². The largest absolute Gasteiger partial charge is 0.462 e. The number of hydrogen-bond acceptors (Lipinski definition) is 4. The Morgan fingerprint density at radius 2 is 1.68 bits per heavy atom. The fourth-order valence-electron chi connectivity index (χ4n) is 2.41. The number of carbonyl (C=O) groups is 2. The maximum atomic E-state index is 12.4. The minimum Gasteiger partial charge on any atom is -0.462 e. The number of esters is 1. The molecule has 25 heavy (non-hydrogen) atoms. The summed E-state index contributed by atoms with van der Waals surface area (Å²) >= 11 is 0. The van der Waals surface area contributed by atoms with E-state index in [1.54, 1.807) is 31.2 Å². The monoisotopic (exact) mass is 335 g/mol. The number of nitrogens with one attached hydrogen (secondary N) is 2. The van der Waals surface area contributed by atoms with Gasteiger partial charge in [0.2, 0.25) is 0 Å². The second-order valence-electron chi connectivity index (χ2n) is 5.23. The first-order chi connectivity index (χ1) is 12.2. The first-order valence-corrected chi connectivity index (χ1v) is 7.88. The Kier molecular flexibility index (Phi) is 4.89. The molecule has 0 atom stereocenters. The van der Waals surface area contributed by atoms with E-state index in [0.29, 0.717) is 11.3 Å². The lowest BCUT2D eigenvalue weighted by Crippen LogP contribution is -2.15. The van der Waals surface area contributed by atoms with Gasteiger partial charge in [0.25, 0.3) is 5.91 Å². The number of rotatable bonds is 5. The standard InChI is InChI=1S/C19H17N3O3/c1-2-25-19(24)15-16(13-9-5-3-6-10-13)21-22-17(15)20-18(23)14-11-7-4-8-12-14/h3-12H,2H2,1H3,(H2,20,21,22,23). The summed E-state index contributed by atoms with van der Waals surface area (Å²) in [4.78, 5) is 24.8. The van der Waals surface area contributed by atoms with E-state index < -0.39 is 5.97 Å². The van der Waals surface area contributed by atoms with Crippen LogP contribution in [0.2, 0.25) is 0 Å². The van der Waals surface area contributed by atoms with Crippen LogP contribution in [0.15, 0.2) is 60.7 Å². The number of carbonyl (C=O) groups excluding carboxylic acids is 2. The summed E-state index contributed by atoms with van der Waals surface area (Å²) in [5.41, 5.74) is 1.87. The molecule has 0 aliphatic heterocycles. The van der Waals surface area contributed by atoms with E-state index in [1.165, 1.54) is 0 Å². The van der Waals surface area contributed by atoms with Crippen molar-refractivity contribution in [1.82, 2.24) is 10.2 Å². The number of benzene rings is 2. The van der Waals surface area contributed by atoms with E-state index in [1.807, 2.05) is 36.4 Å². The lowest BCUT2D eigenvalue weighted by atomic mass is 10.1. The van der Waals surface area contributed by atoms with Crippen LogP contribution < -0.4 is 5.32 Å². The van der Waals surface area contributed by atoms with Crippen LogP contribution in [-0.2, 0) is 4.74 Å². The maximum absolute atomic E-state index is 12.4. The highest BCUT2D eigenvalue weighted by molar-refractivity contribution is 6.09. The molecule has 0 spiro atoms. The number of hydrogen-bond donors (Lipinski definition) is 2. The van der Waals surface area contributed by atoms with Gasteiger partial charge >= 0.3 is 5.97 Å². The fourth-order valence-corrected chi connectivity index (χ4v) is 2.41. The molecule has 1 amide bonds. The Morgan fingerprint density at radius 3 is 2.32 bits per heavy atom. The van der Waals surface area contributed by atoms with Crippen molar-refractivity contribution < 1.29 is 14.3 Å². The molecule has 6 heteroatoms. The number of amides is 1. The van der Waals surface area contributed by atoms with E-state index in [2.05, 4.69) is 15.5 Å². The molecule has 0 unspecified atom stereocenters. The second-order valence-corrected chi connectivity index (χ2v) is 5.23. The smallest absolute Gasteiger partial charge is 0.344 e. The Labute approximate surface area is 144 Å². The van der Waals surface area contributed by atoms with Crippen LogP contribution in [-0.4, -0.2) is 28.7 Å². The first kappa shape index (κ1) is 16.4. The average molecular weight is 335 g/mol. The van der Waals surface area contributed by atoms with E-state index in [-0.39, 0.29) is 23.9 Å². The molecule has 2 aromatic carbocycles. The van der Waals surface area contributed by atoms with Gasteiger partial charge in [-0.3, -0.25) is 9.89 Å². The molecule has 0 aliphatic carbocycles. The van der Waals surface area contributed by atoms with Crippen LogP contribution in [0.4, 0.5) is 5.82 Å². The van der Waals surface area contributed by atoms with Crippen molar-refractivity contribution >= 4 is 17.7 Å². The first-order valence-electron chi connectivity index (χ1n) is 7.88. The number of ether oxygens (including phenoxy) is 1. The summed E-state index contributed by atoms with van der Waals surface area (Å²) in [5, 5.41) is 9.62. The van der Waals surface area contributed by atoms with Crippen molar-refractivity contribution in [1.29, 1.82) is 0 Å². The Hall–Kier alpha value is -3.41. The van der Waals surface area contributed by atoms with Gasteiger partial charge in [-0.2, -0.15) is 5.10 Å². The van der Waals surface area contributed by atoms with Gasteiger partial charge < -0.3 is 10.1 Å². The van der Waals surface area contributed by atoms with Gasteiger partial charge in [0.1, 0.15) is 17.1 Å². The zero-order valence-electron chi connectivity index (χ0n) is 13.7. The number of aromatic amines is 1. The summed E-state index contributed by atoms with van der Waals surface area (Å²) < 4.78 is 5.13. The molecule has 1 heterocycles. The summed E-state index contributed by atoms with van der Waals surface area (Å²) in [6, 6.07) is 18.0. The van der Waals surface area contributed by atoms with Crippen LogP contribution in [0.1, 0.15) is 27.6 Å². The van der Waals surface area contributed by atoms with Crippen molar-refractivity contribution in [2.75, 3.05) is 11.9 Å². The van der Waals surface area contributed by atoms with E-state index in [0.717, 1.165) is 5.56 Å². The van der Waals surface area contributed by atoms with Crippen molar-refractivity contribution in [2.24, 2.45) is 0 Å². The molecule has 2 N–H and O–H groups in total. The van der Waals surface area contributed by atoms with Crippen LogP contribution in [0, 0.1) is 0 Å². The van der Waals surface area contributed by atoms with Crippen molar-refractivity contribution in [3.05, 3.63) is 71.8 Å². The van der Waals surface area contributed by atoms with E-state index in [9.17, 15) is 9.59 Å². The molecule has 0 radical (unpaired) electrons. The number of aromatic nitrogens is 2. The third-order valence-corrected chi connectivity index (χ3v) is 3.57. The van der Waals surface area contributed by atoms with E-state index in [4.69, 9.17) is 4.74 Å². The van der Waals surface area contributed by atoms with Crippen LogP contribution in [0.25, 0.3) is 11.3 Å². The van der Waals surface area contributed by atoms with Gasteiger partial charge in [0.05, 0.1) is 6.61 Å². The number of nitrogens with zero attached hydrogens (tertiary/aromatic N) is 1. The van der Waals surface area contributed by atoms with Gasteiger partial charge in [-0.15, -0.1) is 0 Å².